The van der Waals surface area contributed by atoms with Crippen LogP contribution in [0.2, 0.25) is 0 Å². The van der Waals surface area contributed by atoms with E-state index < -0.39 is 58.0 Å². The Hall–Kier alpha value is -3.93. The number of aliphatic hydroxyl groups is 3. The monoisotopic (exact) mass is 565 g/mol. The number of rotatable bonds is 5. The molecule has 3 aliphatic carbocycles. The van der Waals surface area contributed by atoms with E-state index >= 15 is 0 Å². The van der Waals surface area contributed by atoms with Crippen LogP contribution in [0.5, 0.6) is 5.75 Å². The summed E-state index contributed by atoms with van der Waals surface area (Å²) >= 11 is 0. The molecule has 7 N–H and O–H groups in total. The van der Waals surface area contributed by atoms with Crippen molar-refractivity contribution in [3.63, 3.8) is 0 Å². The van der Waals surface area contributed by atoms with Gasteiger partial charge < -0.3 is 35.9 Å². The largest absolute Gasteiger partial charge is 0.510 e. The Labute approximate surface area is 236 Å². The van der Waals surface area contributed by atoms with Crippen molar-refractivity contribution in [3.8, 4) is 17.1 Å². The summed E-state index contributed by atoms with van der Waals surface area (Å²) in [6, 6.07) is 3.82. The van der Waals surface area contributed by atoms with Crippen LogP contribution in [0.15, 0.2) is 51.5 Å². The van der Waals surface area contributed by atoms with E-state index in [0.717, 1.165) is 5.56 Å². The van der Waals surface area contributed by atoms with Gasteiger partial charge in [0.05, 0.1) is 17.9 Å². The number of phenols is 1. The van der Waals surface area contributed by atoms with Gasteiger partial charge in [0.2, 0.25) is 5.78 Å². The number of Topliss-reactive ketones (excluding diaryl/α,β-unsaturated/α-hetero) is 2. The Morgan fingerprint density at radius 2 is 1.85 bits per heavy atom. The smallest absolute Gasteiger partial charge is 0.255 e. The molecule has 0 fully saturated rings. The predicted octanol–water partition coefficient (Wildman–Crippen LogP) is 2.27. The van der Waals surface area contributed by atoms with E-state index in [0.29, 0.717) is 23.4 Å². The number of benzene rings is 1. The van der Waals surface area contributed by atoms with Gasteiger partial charge >= 0.3 is 0 Å². The molecule has 11 nitrogen and oxygen atoms in total. The molecule has 1 aromatic carbocycles. The number of aliphatic hydroxyl groups excluding tert-OH is 2. The van der Waals surface area contributed by atoms with Crippen molar-refractivity contribution in [2.45, 2.75) is 57.3 Å². The van der Waals surface area contributed by atoms with E-state index in [1.807, 2.05) is 26.8 Å². The van der Waals surface area contributed by atoms with Crippen molar-refractivity contribution in [1.82, 2.24) is 10.2 Å². The van der Waals surface area contributed by atoms with Crippen LogP contribution >= 0.6 is 0 Å². The number of carbonyl (C=O) groups excluding carboxylic acids is 3. The number of nitrogens with zero attached hydrogens (tertiary/aromatic N) is 1. The van der Waals surface area contributed by atoms with E-state index in [1.165, 1.54) is 11.0 Å². The molecule has 0 spiro atoms. The molecule has 0 saturated carbocycles. The summed E-state index contributed by atoms with van der Waals surface area (Å²) in [7, 11) is 3.18. The number of nitrogens with one attached hydrogen (secondary N) is 1. The van der Waals surface area contributed by atoms with Crippen LogP contribution in [-0.2, 0) is 22.6 Å². The summed E-state index contributed by atoms with van der Waals surface area (Å²) in [4.78, 5) is 41.0. The maximum atomic E-state index is 14.0. The van der Waals surface area contributed by atoms with Gasteiger partial charge in [-0.3, -0.25) is 19.3 Å². The number of aromatic hydroxyl groups is 1. The lowest BCUT2D eigenvalue weighted by molar-refractivity contribution is -0.148. The molecule has 218 valence electrons. The highest BCUT2D eigenvalue weighted by molar-refractivity contribution is 6.24. The minimum absolute atomic E-state index is 0.0114. The third-order valence-corrected chi connectivity index (χ3v) is 8.41. The molecule has 1 aromatic heterocycles. The van der Waals surface area contributed by atoms with E-state index in [2.05, 4.69) is 5.32 Å². The second kappa shape index (κ2) is 9.57. The fraction of sp³-hybridized carbons (Fsp3) is 0.433. The zero-order chi connectivity index (χ0) is 30.2. The Bertz CT molecular complexity index is 1540. The van der Waals surface area contributed by atoms with Gasteiger partial charge in [0.1, 0.15) is 28.6 Å². The molecule has 41 heavy (non-hydrogen) atoms. The summed E-state index contributed by atoms with van der Waals surface area (Å²) in [5, 5.41) is 48.3. The van der Waals surface area contributed by atoms with Crippen LogP contribution < -0.4 is 11.1 Å². The number of fused-ring (bicyclic) bond motifs is 3. The highest BCUT2D eigenvalue weighted by atomic mass is 16.3. The number of phenolic OH excluding ortho intramolecular Hbond substituents is 1. The van der Waals surface area contributed by atoms with Crippen LogP contribution in [0.3, 0.4) is 0 Å². The normalized spacial score (nSPS) is 26.3. The van der Waals surface area contributed by atoms with Gasteiger partial charge in [0, 0.05) is 34.7 Å². The number of ketones is 2. The number of nitrogens with two attached hydrogens (primary N) is 1. The number of likely N-dealkylation sites (N-methyl/N-ethyl adjacent to an activating group) is 1. The minimum Gasteiger partial charge on any atom is -0.510 e. The van der Waals surface area contributed by atoms with Crippen molar-refractivity contribution >= 4 is 17.5 Å². The van der Waals surface area contributed by atoms with Gasteiger partial charge in [-0.05, 0) is 77.4 Å². The topological polar surface area (TPSA) is 187 Å². The molecule has 0 bridgehead atoms. The molecule has 3 aliphatic rings. The average Bonchev–Trinajstić information content (AvgIpc) is 3.33. The lowest BCUT2D eigenvalue weighted by atomic mass is 9.58. The molecule has 2 aromatic rings. The van der Waals surface area contributed by atoms with Gasteiger partial charge in [-0.1, -0.05) is 0 Å². The quantitative estimate of drug-likeness (QED) is 0.294. The standard InChI is InChI=1S/C30H35N3O8/c1-29(2,3)32-12-13-8-9-41-25(13)15-6-7-18(34)20-16(15)10-14-11-17-22(33(4)5)24(36)21(28(31)39)27(38)30(17,40)26(37)19(14)23(20)35/h6-9,14,17,22,32,34,36-37,40H,10-12H2,1-5H3,(H2,31,39)/t14-,17-,22-,30-/m0/s1. The maximum Gasteiger partial charge on any atom is 0.255 e. The van der Waals surface area contributed by atoms with E-state index in [-0.39, 0.29) is 35.3 Å². The molecule has 0 unspecified atom stereocenters. The second-order valence-corrected chi connectivity index (χ2v) is 12.3. The molecule has 11 heteroatoms. The first-order valence-electron chi connectivity index (χ1n) is 13.4. The van der Waals surface area contributed by atoms with Gasteiger partial charge in [0.15, 0.2) is 11.4 Å². The zero-order valence-electron chi connectivity index (χ0n) is 23.6. The Morgan fingerprint density at radius 3 is 2.46 bits per heavy atom. The lowest BCUT2D eigenvalue weighted by Crippen LogP contribution is -2.63. The van der Waals surface area contributed by atoms with Crippen LogP contribution in [0.4, 0.5) is 0 Å². The van der Waals surface area contributed by atoms with Gasteiger partial charge in [-0.2, -0.15) is 0 Å². The first kappa shape index (κ1) is 28.6. The minimum atomic E-state index is -2.68. The molecule has 0 aliphatic heterocycles. The van der Waals surface area contributed by atoms with Gasteiger partial charge in [-0.15, -0.1) is 0 Å². The SMILES string of the molecule is CN(C)[C@@H]1C(O)=C(C(N)=O)C(=O)[C@@]2(O)C(O)=C3C(=O)c4c(O)ccc(-c5occc5CNC(C)(C)C)c4C[C@H]3C[C@@H]12. The maximum absolute atomic E-state index is 14.0. The summed E-state index contributed by atoms with van der Waals surface area (Å²) in [6.45, 7) is 6.60. The number of primary amides is 1. The molecule has 0 saturated heterocycles. The third kappa shape index (κ3) is 4.27. The Morgan fingerprint density at radius 1 is 1.17 bits per heavy atom. The van der Waals surface area contributed by atoms with E-state index in [1.54, 1.807) is 26.4 Å². The second-order valence-electron chi connectivity index (χ2n) is 12.3. The average molecular weight is 566 g/mol. The highest BCUT2D eigenvalue weighted by Crippen LogP contribution is 2.53. The number of allylic oxidation sites excluding steroid dienone is 1. The molecular formula is C30H35N3O8. The number of carbonyl (C=O) groups is 3. The molecule has 1 heterocycles. The Balaban J connectivity index is 1.66. The van der Waals surface area contributed by atoms with Gasteiger partial charge in [-0.25, -0.2) is 0 Å². The number of hydrogen-bond acceptors (Lipinski definition) is 10. The molecule has 5 rings (SSSR count). The molecular weight excluding hydrogens is 530 g/mol. The summed E-state index contributed by atoms with van der Waals surface area (Å²) in [5.41, 5.74) is 3.40. The molecule has 4 atom stereocenters. The Kier molecular flexibility index (Phi) is 6.68. The fourth-order valence-electron chi connectivity index (χ4n) is 6.54. The van der Waals surface area contributed by atoms with Crippen molar-refractivity contribution in [2.75, 3.05) is 14.1 Å². The molecule has 0 radical (unpaired) electrons. The summed E-state index contributed by atoms with van der Waals surface area (Å²) in [6.07, 6.45) is 1.74. The number of amides is 1. The number of furan rings is 1. The van der Waals surface area contributed by atoms with Crippen molar-refractivity contribution < 1.29 is 39.2 Å². The predicted molar refractivity (Wildman–Crippen MR) is 148 cm³/mol. The zero-order valence-corrected chi connectivity index (χ0v) is 23.6. The first-order valence-corrected chi connectivity index (χ1v) is 13.4. The van der Waals surface area contributed by atoms with Crippen molar-refractivity contribution in [1.29, 1.82) is 0 Å². The fourth-order valence-corrected chi connectivity index (χ4v) is 6.54. The van der Waals surface area contributed by atoms with E-state index in [4.69, 9.17) is 10.2 Å². The summed E-state index contributed by atoms with van der Waals surface area (Å²) in [5.74, 6) is -6.33. The van der Waals surface area contributed by atoms with Crippen LogP contribution in [-0.4, -0.2) is 74.1 Å². The summed E-state index contributed by atoms with van der Waals surface area (Å²) < 4.78 is 5.86. The highest BCUT2D eigenvalue weighted by Gasteiger charge is 2.63. The van der Waals surface area contributed by atoms with Gasteiger partial charge in [0.25, 0.3) is 5.91 Å². The van der Waals surface area contributed by atoms with Crippen molar-refractivity contribution in [3.05, 3.63) is 63.8 Å². The first-order chi connectivity index (χ1) is 19.1. The number of hydrogen-bond donors (Lipinski definition) is 6. The van der Waals surface area contributed by atoms with E-state index in [9.17, 15) is 34.8 Å². The van der Waals surface area contributed by atoms with Crippen LogP contribution in [0, 0.1) is 11.8 Å². The van der Waals surface area contributed by atoms with Crippen LogP contribution in [0.25, 0.3) is 11.3 Å². The van der Waals surface area contributed by atoms with Crippen LogP contribution in [0.1, 0.15) is 48.7 Å². The van der Waals surface area contributed by atoms with Crippen molar-refractivity contribution in [2.24, 2.45) is 17.6 Å². The third-order valence-electron chi connectivity index (χ3n) is 8.41. The lowest BCUT2D eigenvalue weighted by Gasteiger charge is -2.50. The molecule has 1 amide bonds.